The Morgan fingerprint density at radius 2 is 2.00 bits per heavy atom. The molecule has 2 N–H and O–H groups in total. The van der Waals surface area contributed by atoms with Crippen molar-refractivity contribution >= 4 is 33.2 Å². The summed E-state index contributed by atoms with van der Waals surface area (Å²) >= 11 is 9.96. The molecule has 2 aromatic carbocycles. The molecule has 0 aliphatic carbocycles. The van der Waals surface area contributed by atoms with Gasteiger partial charge in [-0.2, -0.15) is 0 Å². The van der Waals surface area contributed by atoms with Crippen LogP contribution in [0.15, 0.2) is 51.9 Å². The van der Waals surface area contributed by atoms with E-state index in [1.54, 1.807) is 0 Å². The quantitative estimate of drug-likeness (QED) is 0.661. The first-order valence-electron chi connectivity index (χ1n) is 7.53. The van der Waals surface area contributed by atoms with E-state index in [9.17, 15) is 0 Å². The Bertz CT molecular complexity index is 985. The Hall–Kier alpha value is -2.06. The number of hydrogen-bond acceptors (Lipinski definition) is 5. The standard InChI is InChI=1S/C17H13BrClN5O/c18-10-5-6-14-12(7-10)17(11-3-1-2-4-13(11)19)21-8-15-22-23-16(9-25-20)24(14)15/h1-7H,8-9,20H2. The van der Waals surface area contributed by atoms with Crippen molar-refractivity contribution < 1.29 is 4.84 Å². The molecule has 1 aliphatic rings. The van der Waals surface area contributed by atoms with Crippen LogP contribution in [0.3, 0.4) is 0 Å². The molecule has 0 saturated heterocycles. The van der Waals surface area contributed by atoms with Crippen molar-refractivity contribution in [2.75, 3.05) is 0 Å². The molecule has 1 aliphatic heterocycles. The molecule has 0 fully saturated rings. The third-order valence-corrected chi connectivity index (χ3v) is 4.79. The minimum atomic E-state index is 0.157. The lowest BCUT2D eigenvalue weighted by atomic mass is 10.0. The summed E-state index contributed by atoms with van der Waals surface area (Å²) in [6.07, 6.45) is 0. The maximum atomic E-state index is 6.42. The normalized spacial score (nSPS) is 13.0. The predicted molar refractivity (Wildman–Crippen MR) is 98.8 cm³/mol. The number of aliphatic imine (C=N–C) groups is 1. The summed E-state index contributed by atoms with van der Waals surface area (Å²) in [6, 6.07) is 13.6. The van der Waals surface area contributed by atoms with Gasteiger partial charge in [0.25, 0.3) is 0 Å². The molecule has 2 heterocycles. The van der Waals surface area contributed by atoms with Gasteiger partial charge in [-0.15, -0.1) is 10.2 Å². The highest BCUT2D eigenvalue weighted by Crippen LogP contribution is 2.30. The molecular weight excluding hydrogens is 406 g/mol. The van der Waals surface area contributed by atoms with Crippen molar-refractivity contribution in [2.24, 2.45) is 10.9 Å². The fraction of sp³-hybridized carbons (Fsp3) is 0.118. The van der Waals surface area contributed by atoms with Gasteiger partial charge in [0.2, 0.25) is 0 Å². The van der Waals surface area contributed by atoms with Gasteiger partial charge in [-0.25, -0.2) is 5.90 Å². The molecule has 126 valence electrons. The van der Waals surface area contributed by atoms with Crippen LogP contribution in [-0.2, 0) is 18.0 Å². The van der Waals surface area contributed by atoms with Crippen LogP contribution in [0.5, 0.6) is 0 Å². The zero-order chi connectivity index (χ0) is 17.4. The van der Waals surface area contributed by atoms with Crippen LogP contribution in [0.2, 0.25) is 5.02 Å². The number of nitrogens with two attached hydrogens (primary N) is 1. The van der Waals surface area contributed by atoms with Crippen molar-refractivity contribution in [3.63, 3.8) is 0 Å². The highest BCUT2D eigenvalue weighted by Gasteiger charge is 2.24. The third kappa shape index (κ3) is 2.89. The number of benzene rings is 2. The van der Waals surface area contributed by atoms with E-state index in [4.69, 9.17) is 27.3 Å². The topological polar surface area (TPSA) is 78.3 Å². The maximum absolute atomic E-state index is 6.42. The summed E-state index contributed by atoms with van der Waals surface area (Å²) in [7, 11) is 0. The molecule has 25 heavy (non-hydrogen) atoms. The van der Waals surface area contributed by atoms with E-state index < -0.39 is 0 Å². The molecule has 0 amide bonds. The van der Waals surface area contributed by atoms with Crippen LogP contribution in [0.25, 0.3) is 5.69 Å². The second-order valence-corrected chi connectivity index (χ2v) is 6.81. The van der Waals surface area contributed by atoms with Gasteiger partial charge in [0.05, 0.1) is 11.4 Å². The first kappa shape index (κ1) is 16.4. The molecule has 0 atom stereocenters. The van der Waals surface area contributed by atoms with Crippen molar-refractivity contribution in [3.8, 4) is 5.69 Å². The fourth-order valence-corrected chi connectivity index (χ4v) is 3.50. The predicted octanol–water partition coefficient (Wildman–Crippen LogP) is 3.42. The lowest BCUT2D eigenvalue weighted by Crippen LogP contribution is -2.11. The third-order valence-electron chi connectivity index (χ3n) is 3.97. The average molecular weight is 419 g/mol. The van der Waals surface area contributed by atoms with Crippen molar-refractivity contribution in [2.45, 2.75) is 13.2 Å². The first-order valence-corrected chi connectivity index (χ1v) is 8.70. The molecule has 0 radical (unpaired) electrons. The van der Waals surface area contributed by atoms with Crippen LogP contribution in [0, 0.1) is 0 Å². The molecule has 0 saturated carbocycles. The van der Waals surface area contributed by atoms with E-state index >= 15 is 0 Å². The molecule has 6 nitrogen and oxygen atoms in total. The van der Waals surface area contributed by atoms with E-state index in [2.05, 4.69) is 26.1 Å². The monoisotopic (exact) mass is 417 g/mol. The number of aromatic nitrogens is 3. The van der Waals surface area contributed by atoms with Gasteiger partial charge in [0.1, 0.15) is 13.2 Å². The Balaban J connectivity index is 1.98. The number of fused-ring (bicyclic) bond motifs is 3. The number of nitrogens with zero attached hydrogens (tertiary/aromatic N) is 4. The van der Waals surface area contributed by atoms with Crippen LogP contribution < -0.4 is 5.90 Å². The van der Waals surface area contributed by atoms with Gasteiger partial charge in [-0.3, -0.25) is 14.4 Å². The minimum Gasteiger partial charge on any atom is -0.296 e. The van der Waals surface area contributed by atoms with Crippen molar-refractivity contribution in [1.82, 2.24) is 14.8 Å². The second-order valence-electron chi connectivity index (χ2n) is 5.49. The molecule has 0 bridgehead atoms. The average Bonchev–Trinajstić information content (AvgIpc) is 2.92. The van der Waals surface area contributed by atoms with Gasteiger partial charge in [0, 0.05) is 20.6 Å². The number of rotatable bonds is 3. The Kier molecular flexibility index (Phi) is 4.39. The van der Waals surface area contributed by atoms with Gasteiger partial charge < -0.3 is 0 Å². The van der Waals surface area contributed by atoms with E-state index in [0.29, 0.717) is 17.4 Å². The summed E-state index contributed by atoms with van der Waals surface area (Å²) in [5.74, 6) is 6.58. The van der Waals surface area contributed by atoms with Gasteiger partial charge >= 0.3 is 0 Å². The summed E-state index contributed by atoms with van der Waals surface area (Å²) in [4.78, 5) is 9.54. The SMILES string of the molecule is NOCc1nnc2n1-c1ccc(Br)cc1C(c1ccccc1Cl)=NC2. The van der Waals surface area contributed by atoms with E-state index in [1.165, 1.54) is 0 Å². The van der Waals surface area contributed by atoms with Crippen molar-refractivity contribution in [1.29, 1.82) is 0 Å². The molecule has 1 aromatic heterocycles. The van der Waals surface area contributed by atoms with Crippen LogP contribution in [0.4, 0.5) is 0 Å². The Labute approximate surface area is 157 Å². The van der Waals surface area contributed by atoms with Crippen LogP contribution >= 0.6 is 27.5 Å². The zero-order valence-corrected chi connectivity index (χ0v) is 15.3. The smallest absolute Gasteiger partial charge is 0.165 e. The van der Waals surface area contributed by atoms with Gasteiger partial charge in [-0.1, -0.05) is 45.7 Å². The summed E-state index contributed by atoms with van der Waals surface area (Å²) in [6.45, 7) is 0.536. The highest BCUT2D eigenvalue weighted by molar-refractivity contribution is 9.10. The molecule has 8 heteroatoms. The largest absolute Gasteiger partial charge is 0.296 e. The zero-order valence-electron chi connectivity index (χ0n) is 13.0. The molecule has 0 spiro atoms. The number of halogens is 2. The maximum Gasteiger partial charge on any atom is 0.165 e. The minimum absolute atomic E-state index is 0.157. The summed E-state index contributed by atoms with van der Waals surface area (Å²) < 4.78 is 2.88. The number of hydrogen-bond donors (Lipinski definition) is 1. The first-order chi connectivity index (χ1) is 12.2. The van der Waals surface area contributed by atoms with Gasteiger partial charge in [-0.05, 0) is 24.3 Å². The summed E-state index contributed by atoms with van der Waals surface area (Å²) in [5, 5.41) is 9.05. The van der Waals surface area contributed by atoms with Crippen molar-refractivity contribution in [3.05, 3.63) is 74.7 Å². The van der Waals surface area contributed by atoms with E-state index in [1.807, 2.05) is 47.0 Å². The van der Waals surface area contributed by atoms with Crippen LogP contribution in [-0.4, -0.2) is 20.5 Å². The highest BCUT2D eigenvalue weighted by atomic mass is 79.9. The Morgan fingerprint density at radius 3 is 2.80 bits per heavy atom. The molecule has 0 unspecified atom stereocenters. The Morgan fingerprint density at radius 1 is 1.16 bits per heavy atom. The second kappa shape index (κ2) is 6.68. The molecular formula is C17H13BrClN5O. The van der Waals surface area contributed by atoms with E-state index in [0.717, 1.165) is 32.8 Å². The fourth-order valence-electron chi connectivity index (χ4n) is 2.91. The molecule has 3 aromatic rings. The lowest BCUT2D eigenvalue weighted by Gasteiger charge is -2.14. The van der Waals surface area contributed by atoms with E-state index in [-0.39, 0.29) is 6.61 Å². The lowest BCUT2D eigenvalue weighted by molar-refractivity contribution is 0.117. The van der Waals surface area contributed by atoms with Gasteiger partial charge in [0.15, 0.2) is 11.6 Å². The molecule has 4 rings (SSSR count). The summed E-state index contributed by atoms with van der Waals surface area (Å²) in [5.41, 5.74) is 3.52. The van der Waals surface area contributed by atoms with Crippen LogP contribution in [0.1, 0.15) is 22.8 Å².